The maximum absolute atomic E-state index is 13.9. The van der Waals surface area contributed by atoms with Gasteiger partial charge in [0.1, 0.15) is 4.88 Å². The highest BCUT2D eigenvalue weighted by Crippen LogP contribution is 2.46. The van der Waals surface area contributed by atoms with E-state index in [1.807, 2.05) is 13.8 Å². The predicted octanol–water partition coefficient (Wildman–Crippen LogP) is 5.67. The second kappa shape index (κ2) is 12.2. The number of ketones is 1. The van der Waals surface area contributed by atoms with Crippen molar-refractivity contribution in [3.63, 3.8) is 0 Å². The summed E-state index contributed by atoms with van der Waals surface area (Å²) in [6, 6.07) is 4.09. The maximum atomic E-state index is 13.9. The summed E-state index contributed by atoms with van der Waals surface area (Å²) in [4.78, 5) is 50.7. The van der Waals surface area contributed by atoms with Gasteiger partial charge in [-0.3, -0.25) is 14.5 Å². The highest BCUT2D eigenvalue weighted by Gasteiger charge is 2.47. The van der Waals surface area contributed by atoms with Crippen LogP contribution in [-0.2, 0) is 9.53 Å². The normalized spacial score (nSPS) is 15.1. The summed E-state index contributed by atoms with van der Waals surface area (Å²) in [6.45, 7) is 11.7. The molecule has 3 heterocycles. The molecule has 0 radical (unpaired) electrons. The van der Waals surface area contributed by atoms with Crippen molar-refractivity contribution in [1.29, 1.82) is 0 Å². The predicted molar refractivity (Wildman–Crippen MR) is 152 cm³/mol. The zero-order chi connectivity index (χ0) is 29.1. The summed E-state index contributed by atoms with van der Waals surface area (Å²) in [5.41, 5.74) is 1.27. The SMILES string of the molecule is CCCOc1ccc(C2C(C(=O)c3sc(C)nc3C)=C(O)C(=O)N2c2nc(C)c(C(=O)OCC)s2)cc1OCC. The van der Waals surface area contributed by atoms with E-state index in [-0.39, 0.29) is 22.2 Å². The van der Waals surface area contributed by atoms with E-state index in [1.54, 1.807) is 45.9 Å². The number of aryl methyl sites for hydroxylation is 3. The molecule has 4 rings (SSSR count). The Morgan fingerprint density at radius 2 is 1.70 bits per heavy atom. The van der Waals surface area contributed by atoms with Crippen LogP contribution in [0.2, 0.25) is 0 Å². The lowest BCUT2D eigenvalue weighted by atomic mass is 9.95. The summed E-state index contributed by atoms with van der Waals surface area (Å²) in [7, 11) is 0. The van der Waals surface area contributed by atoms with Crippen molar-refractivity contribution in [1.82, 2.24) is 9.97 Å². The lowest BCUT2D eigenvalue weighted by Gasteiger charge is -2.25. The van der Waals surface area contributed by atoms with E-state index in [0.717, 1.165) is 17.8 Å². The summed E-state index contributed by atoms with van der Waals surface area (Å²) in [5.74, 6) is -1.60. The molecule has 1 N–H and O–H groups in total. The zero-order valence-corrected chi connectivity index (χ0v) is 24.8. The molecule has 0 aliphatic carbocycles. The van der Waals surface area contributed by atoms with Crippen LogP contribution in [0.5, 0.6) is 11.5 Å². The average Bonchev–Trinajstić information content (AvgIpc) is 3.55. The van der Waals surface area contributed by atoms with Crippen molar-refractivity contribution in [3.05, 3.63) is 61.2 Å². The Labute approximate surface area is 240 Å². The number of thiazole rings is 2. The molecule has 40 heavy (non-hydrogen) atoms. The Kier molecular flexibility index (Phi) is 8.89. The highest BCUT2D eigenvalue weighted by molar-refractivity contribution is 7.17. The summed E-state index contributed by atoms with van der Waals surface area (Å²) >= 11 is 2.15. The van der Waals surface area contributed by atoms with Crippen molar-refractivity contribution >= 4 is 45.5 Å². The van der Waals surface area contributed by atoms with Gasteiger partial charge in [0.2, 0.25) is 5.78 Å². The number of anilines is 1. The monoisotopic (exact) mass is 585 g/mol. The molecule has 0 bridgehead atoms. The molecule has 212 valence electrons. The molecule has 10 nitrogen and oxygen atoms in total. The Balaban J connectivity index is 1.89. The van der Waals surface area contributed by atoms with Gasteiger partial charge in [-0.15, -0.1) is 11.3 Å². The number of esters is 1. The minimum absolute atomic E-state index is 0.105. The number of nitrogens with zero attached hydrogens (tertiary/aromatic N) is 3. The van der Waals surface area contributed by atoms with Crippen LogP contribution in [-0.4, -0.2) is 52.6 Å². The van der Waals surface area contributed by atoms with Crippen LogP contribution in [0.25, 0.3) is 0 Å². The summed E-state index contributed by atoms with van der Waals surface area (Å²) in [6.07, 6.45) is 0.799. The molecule has 1 atom stereocenters. The second-order valence-electron chi connectivity index (χ2n) is 8.94. The Bertz CT molecular complexity index is 1490. The fourth-order valence-electron chi connectivity index (χ4n) is 4.38. The minimum Gasteiger partial charge on any atom is -0.503 e. The molecular weight excluding hydrogens is 554 g/mol. The van der Waals surface area contributed by atoms with Crippen LogP contribution in [0.1, 0.15) is 74.5 Å². The van der Waals surface area contributed by atoms with Crippen molar-refractivity contribution in [2.45, 2.75) is 54.0 Å². The van der Waals surface area contributed by atoms with Crippen LogP contribution in [0.4, 0.5) is 5.13 Å². The van der Waals surface area contributed by atoms with Gasteiger partial charge in [-0.1, -0.05) is 24.3 Å². The molecular formula is C28H31N3O7S2. The van der Waals surface area contributed by atoms with Crippen LogP contribution in [0.3, 0.4) is 0 Å². The fraction of sp³-hybridized carbons (Fsp3) is 0.393. The smallest absolute Gasteiger partial charge is 0.350 e. The van der Waals surface area contributed by atoms with Crippen LogP contribution < -0.4 is 14.4 Å². The van der Waals surface area contributed by atoms with Gasteiger partial charge in [-0.05, 0) is 58.7 Å². The van der Waals surface area contributed by atoms with Crippen molar-refractivity contribution < 1.29 is 33.7 Å². The first-order chi connectivity index (χ1) is 19.1. The first-order valence-electron chi connectivity index (χ1n) is 12.9. The van der Waals surface area contributed by atoms with Crippen LogP contribution >= 0.6 is 22.7 Å². The number of benzene rings is 1. The molecule has 3 aromatic rings. The minimum atomic E-state index is -1.05. The number of carbonyl (C=O) groups is 3. The largest absolute Gasteiger partial charge is 0.503 e. The molecule has 1 aromatic carbocycles. The molecule has 0 saturated carbocycles. The first kappa shape index (κ1) is 29.2. The number of rotatable bonds is 11. The topological polar surface area (TPSA) is 128 Å². The van der Waals surface area contributed by atoms with E-state index >= 15 is 0 Å². The van der Waals surface area contributed by atoms with E-state index in [4.69, 9.17) is 14.2 Å². The van der Waals surface area contributed by atoms with E-state index in [1.165, 1.54) is 16.2 Å². The molecule has 1 unspecified atom stereocenters. The zero-order valence-electron chi connectivity index (χ0n) is 23.2. The van der Waals surface area contributed by atoms with Gasteiger partial charge >= 0.3 is 5.97 Å². The van der Waals surface area contributed by atoms with Crippen LogP contribution in [0.15, 0.2) is 29.5 Å². The Morgan fingerprint density at radius 3 is 2.33 bits per heavy atom. The van der Waals surface area contributed by atoms with Crippen molar-refractivity contribution in [2.24, 2.45) is 0 Å². The number of hydrogen-bond donors (Lipinski definition) is 1. The lowest BCUT2D eigenvalue weighted by molar-refractivity contribution is -0.117. The Hall–Kier alpha value is -3.77. The summed E-state index contributed by atoms with van der Waals surface area (Å²) < 4.78 is 16.8. The van der Waals surface area contributed by atoms with E-state index in [0.29, 0.717) is 51.5 Å². The number of aliphatic hydroxyl groups excluding tert-OH is 1. The van der Waals surface area contributed by atoms with Gasteiger partial charge in [0.15, 0.2) is 22.4 Å². The molecule has 0 saturated heterocycles. The number of ether oxygens (including phenoxy) is 3. The molecule has 1 aliphatic rings. The third kappa shape index (κ3) is 5.46. The second-order valence-corrected chi connectivity index (χ2v) is 11.1. The van der Waals surface area contributed by atoms with E-state index < -0.39 is 29.5 Å². The molecule has 0 spiro atoms. The van der Waals surface area contributed by atoms with Crippen molar-refractivity contribution in [3.8, 4) is 11.5 Å². The molecule has 0 fully saturated rings. The third-order valence-electron chi connectivity index (χ3n) is 6.06. The summed E-state index contributed by atoms with van der Waals surface area (Å²) in [5, 5.41) is 12.0. The van der Waals surface area contributed by atoms with Gasteiger partial charge in [-0.2, -0.15) is 0 Å². The molecule has 2 aromatic heterocycles. The van der Waals surface area contributed by atoms with Gasteiger partial charge in [0, 0.05) is 0 Å². The number of carbonyl (C=O) groups excluding carboxylic acids is 3. The quantitative estimate of drug-likeness (QED) is 0.223. The highest BCUT2D eigenvalue weighted by atomic mass is 32.1. The Morgan fingerprint density at radius 1 is 0.975 bits per heavy atom. The number of aliphatic hydroxyl groups is 1. The molecule has 1 amide bonds. The van der Waals surface area contributed by atoms with Gasteiger partial charge in [0.05, 0.1) is 52.7 Å². The number of hydrogen-bond acceptors (Lipinski definition) is 11. The van der Waals surface area contributed by atoms with Crippen LogP contribution in [0, 0.1) is 20.8 Å². The molecule has 12 heteroatoms. The van der Waals surface area contributed by atoms with Gasteiger partial charge in [0.25, 0.3) is 5.91 Å². The number of amides is 1. The fourth-order valence-corrected chi connectivity index (χ4v) is 6.24. The maximum Gasteiger partial charge on any atom is 0.350 e. The van der Waals surface area contributed by atoms with Crippen molar-refractivity contribution in [2.75, 3.05) is 24.7 Å². The van der Waals surface area contributed by atoms with Gasteiger partial charge < -0.3 is 19.3 Å². The third-order valence-corrected chi connectivity index (χ3v) is 8.27. The van der Waals surface area contributed by atoms with E-state index in [2.05, 4.69) is 9.97 Å². The number of Topliss-reactive ketones (excluding diaryl/α,β-unsaturated/α-hetero) is 1. The molecule has 1 aliphatic heterocycles. The first-order valence-corrected chi connectivity index (χ1v) is 14.6. The average molecular weight is 586 g/mol. The lowest BCUT2D eigenvalue weighted by Crippen LogP contribution is -2.31. The van der Waals surface area contributed by atoms with Gasteiger partial charge in [-0.25, -0.2) is 14.8 Å². The van der Waals surface area contributed by atoms with E-state index in [9.17, 15) is 19.5 Å². The standard InChI is InChI=1S/C28H31N3O7S2/c1-7-12-38-18-11-10-17(13-19(18)36-8-2)21-20(22(32)24-14(4)29-16(6)39-24)23(33)26(34)31(21)28-30-15(5)25(40-28)27(35)37-9-3/h10-11,13,21,33H,7-9,12H2,1-6H3. The number of aromatic nitrogens is 2.